The molecule has 9 heteroatoms. The van der Waals surface area contributed by atoms with Gasteiger partial charge >= 0.3 is 12.1 Å². The lowest BCUT2D eigenvalue weighted by atomic mass is 10.2. The molecular weight excluding hydrogens is 331 g/mol. The average Bonchev–Trinajstić information content (AvgIpc) is 3.15. The molecule has 0 spiro atoms. The molecule has 0 saturated heterocycles. The maximum Gasteiger partial charge on any atom is 0.433 e. The number of alkyl halides is 3. The Balaban J connectivity index is 0.00000127. The molecule has 130 valence electrons. The van der Waals surface area contributed by atoms with E-state index in [1.165, 1.54) is 0 Å². The van der Waals surface area contributed by atoms with E-state index in [4.69, 9.17) is 0 Å². The Hall–Kier alpha value is -1.61. The highest BCUT2D eigenvalue weighted by atomic mass is 32.1. The molecule has 0 saturated carbocycles. The number of halogens is 3. The third kappa shape index (κ3) is 4.44. The summed E-state index contributed by atoms with van der Waals surface area (Å²) in [5.74, 6) is -0.966. The number of anilines is 1. The zero-order valence-corrected chi connectivity index (χ0v) is 14.3. The van der Waals surface area contributed by atoms with Gasteiger partial charge in [0, 0.05) is 11.9 Å². The van der Waals surface area contributed by atoms with Gasteiger partial charge in [-0.25, -0.2) is 20.2 Å². The van der Waals surface area contributed by atoms with Crippen LogP contribution in [0.15, 0.2) is 16.7 Å². The van der Waals surface area contributed by atoms with Crippen LogP contribution in [0, 0.1) is 0 Å². The van der Waals surface area contributed by atoms with Gasteiger partial charge in [-0.15, -0.1) is 11.3 Å². The quantitative estimate of drug-likeness (QED) is 0.842. The van der Waals surface area contributed by atoms with Crippen LogP contribution >= 0.6 is 11.3 Å². The second-order valence-electron chi connectivity index (χ2n) is 4.19. The minimum atomic E-state index is -4.68. The van der Waals surface area contributed by atoms with Crippen LogP contribution in [0.1, 0.15) is 33.4 Å². The van der Waals surface area contributed by atoms with Gasteiger partial charge in [0.1, 0.15) is 0 Å². The minimum absolute atomic E-state index is 0.0186. The fourth-order valence-electron chi connectivity index (χ4n) is 1.87. The van der Waals surface area contributed by atoms with Crippen LogP contribution in [0.4, 0.5) is 18.3 Å². The Morgan fingerprint density at radius 1 is 1.43 bits per heavy atom. The highest BCUT2D eigenvalue weighted by Crippen LogP contribution is 2.37. The molecule has 0 atom stereocenters. The van der Waals surface area contributed by atoms with Crippen molar-refractivity contribution < 1.29 is 22.7 Å². The van der Waals surface area contributed by atoms with Crippen molar-refractivity contribution in [2.45, 2.75) is 40.3 Å². The number of nitrogens with zero attached hydrogens (tertiary/aromatic N) is 2. The van der Waals surface area contributed by atoms with Crippen LogP contribution < -0.4 is 10.4 Å². The summed E-state index contributed by atoms with van der Waals surface area (Å²) in [6.07, 6.45) is -4.05. The molecule has 1 aromatic rings. The predicted molar refractivity (Wildman–Crippen MR) is 83.0 cm³/mol. The number of thiazole rings is 1. The monoisotopic (exact) mass is 351 g/mol. The maximum absolute atomic E-state index is 13.3. The van der Waals surface area contributed by atoms with E-state index < -0.39 is 23.4 Å². The molecule has 1 aliphatic rings. The number of rotatable bonds is 4. The summed E-state index contributed by atoms with van der Waals surface area (Å²) >= 11 is 1.08. The van der Waals surface area contributed by atoms with E-state index in [0.717, 1.165) is 16.3 Å². The highest BCUT2D eigenvalue weighted by Gasteiger charge is 2.47. The summed E-state index contributed by atoms with van der Waals surface area (Å²) in [6.45, 7) is 7.18. The van der Waals surface area contributed by atoms with Crippen molar-refractivity contribution in [3.8, 4) is 0 Å². The van der Waals surface area contributed by atoms with E-state index in [9.17, 15) is 18.0 Å². The van der Waals surface area contributed by atoms with Crippen LogP contribution in [-0.2, 0) is 16.0 Å². The van der Waals surface area contributed by atoms with E-state index in [2.05, 4.69) is 15.1 Å². The molecule has 1 aliphatic heterocycles. The first kappa shape index (κ1) is 19.4. The van der Waals surface area contributed by atoms with E-state index >= 15 is 0 Å². The summed E-state index contributed by atoms with van der Waals surface area (Å²) in [6, 6.07) is 0. The number of aryl methyl sites for hydroxylation is 1. The minimum Gasteiger partial charge on any atom is -0.463 e. The van der Waals surface area contributed by atoms with Gasteiger partial charge in [-0.1, -0.05) is 20.8 Å². The molecule has 2 heterocycles. The molecule has 0 bridgehead atoms. The smallest absolute Gasteiger partial charge is 0.433 e. The SMILES string of the molecule is CC.CCOC(=O)C1=C(C(F)(F)F)N(c2nc(CC)cs2)NC1. The lowest BCUT2D eigenvalue weighted by Gasteiger charge is -2.21. The van der Waals surface area contributed by atoms with E-state index in [0.29, 0.717) is 12.1 Å². The Morgan fingerprint density at radius 2 is 2.09 bits per heavy atom. The number of ether oxygens (including phenoxy) is 1. The molecule has 0 fully saturated rings. The maximum atomic E-state index is 13.3. The molecule has 2 rings (SSSR count). The van der Waals surface area contributed by atoms with E-state index in [1.807, 2.05) is 20.8 Å². The van der Waals surface area contributed by atoms with E-state index in [-0.39, 0.29) is 18.3 Å². The Kier molecular flexibility index (Phi) is 7.01. The van der Waals surface area contributed by atoms with E-state index in [1.54, 1.807) is 12.3 Å². The molecule has 0 aromatic carbocycles. The fourth-order valence-corrected chi connectivity index (χ4v) is 2.76. The van der Waals surface area contributed by atoms with Crippen molar-refractivity contribution in [1.29, 1.82) is 0 Å². The molecule has 23 heavy (non-hydrogen) atoms. The topological polar surface area (TPSA) is 54.5 Å². The number of aromatic nitrogens is 1. The summed E-state index contributed by atoms with van der Waals surface area (Å²) in [5.41, 5.74) is 1.75. The van der Waals surface area contributed by atoms with Crippen LogP contribution in [0.25, 0.3) is 0 Å². The van der Waals surface area contributed by atoms with Gasteiger partial charge in [0.25, 0.3) is 0 Å². The Labute approximate surface area is 137 Å². The average molecular weight is 351 g/mol. The number of carbonyl (C=O) groups is 1. The fraction of sp³-hybridized carbons (Fsp3) is 0.571. The van der Waals surface area contributed by atoms with Gasteiger partial charge < -0.3 is 4.74 Å². The number of esters is 1. The molecule has 0 amide bonds. The highest BCUT2D eigenvalue weighted by molar-refractivity contribution is 7.13. The van der Waals surface area contributed by atoms with Crippen LogP contribution in [-0.4, -0.2) is 30.3 Å². The zero-order chi connectivity index (χ0) is 17.6. The lowest BCUT2D eigenvalue weighted by Crippen LogP contribution is -2.36. The molecule has 0 aliphatic carbocycles. The van der Waals surface area contributed by atoms with Crippen molar-refractivity contribution in [1.82, 2.24) is 10.4 Å². The summed E-state index contributed by atoms with van der Waals surface area (Å²) < 4.78 is 44.5. The van der Waals surface area contributed by atoms with Gasteiger partial charge in [0.2, 0.25) is 5.13 Å². The number of nitrogens with one attached hydrogen (secondary N) is 1. The predicted octanol–water partition coefficient (Wildman–Crippen LogP) is 3.44. The summed E-state index contributed by atoms with van der Waals surface area (Å²) in [7, 11) is 0. The number of hydrogen-bond donors (Lipinski definition) is 1. The number of hydrogen-bond acceptors (Lipinski definition) is 6. The molecule has 1 aromatic heterocycles. The Morgan fingerprint density at radius 3 is 2.57 bits per heavy atom. The van der Waals surface area contributed by atoms with Gasteiger partial charge in [0.15, 0.2) is 5.70 Å². The van der Waals surface area contributed by atoms with Crippen LogP contribution in [0.3, 0.4) is 0 Å². The van der Waals surface area contributed by atoms with Gasteiger partial charge in [0.05, 0.1) is 17.9 Å². The summed E-state index contributed by atoms with van der Waals surface area (Å²) in [4.78, 5) is 15.8. The lowest BCUT2D eigenvalue weighted by molar-refractivity contribution is -0.139. The molecule has 5 nitrogen and oxygen atoms in total. The van der Waals surface area contributed by atoms with Crippen molar-refractivity contribution in [2.24, 2.45) is 0 Å². The van der Waals surface area contributed by atoms with Gasteiger partial charge in [-0.2, -0.15) is 13.2 Å². The van der Waals surface area contributed by atoms with Crippen molar-refractivity contribution in [3.05, 3.63) is 22.3 Å². The number of carbonyl (C=O) groups excluding carboxylic acids is 1. The summed E-state index contributed by atoms with van der Waals surface area (Å²) in [5, 5.41) is 2.65. The standard InChI is InChI=1S/C12H14F3N3O2S.C2H6/c1-3-7-6-21-11(17-7)18-9(12(13,14)15)8(5-16-18)10(19)20-4-2;1-2/h6,16H,3-5H2,1-2H3;1-2H3. The van der Waals surface area contributed by atoms with Crippen molar-refractivity contribution in [3.63, 3.8) is 0 Å². The number of hydrazine groups is 1. The zero-order valence-electron chi connectivity index (χ0n) is 13.5. The largest absolute Gasteiger partial charge is 0.463 e. The first-order valence-corrected chi connectivity index (χ1v) is 8.21. The van der Waals surface area contributed by atoms with Crippen molar-refractivity contribution in [2.75, 3.05) is 18.2 Å². The van der Waals surface area contributed by atoms with Gasteiger partial charge in [-0.05, 0) is 13.3 Å². The Bertz CT molecular complexity index is 570. The second kappa shape index (κ2) is 8.30. The molecular formula is C14H20F3N3O2S. The molecule has 0 radical (unpaired) electrons. The molecule has 0 unspecified atom stereocenters. The first-order chi connectivity index (χ1) is 10.9. The third-order valence-electron chi connectivity index (χ3n) is 2.81. The second-order valence-corrected chi connectivity index (χ2v) is 5.03. The van der Waals surface area contributed by atoms with Crippen LogP contribution in [0.2, 0.25) is 0 Å². The first-order valence-electron chi connectivity index (χ1n) is 7.34. The normalized spacial score (nSPS) is 14.7. The van der Waals surface area contributed by atoms with Gasteiger partial charge in [-0.3, -0.25) is 0 Å². The van der Waals surface area contributed by atoms with Crippen molar-refractivity contribution >= 4 is 22.4 Å². The number of allylic oxidation sites excluding steroid dienone is 1. The third-order valence-corrected chi connectivity index (χ3v) is 3.68. The molecule has 1 N–H and O–H groups in total. The van der Waals surface area contributed by atoms with Crippen LogP contribution in [0.5, 0.6) is 0 Å².